The van der Waals surface area contributed by atoms with Crippen LogP contribution in [0.2, 0.25) is 0 Å². The van der Waals surface area contributed by atoms with Crippen LogP contribution >= 0.6 is 0 Å². The Morgan fingerprint density at radius 2 is 2.05 bits per heavy atom. The van der Waals surface area contributed by atoms with Gasteiger partial charge in [0.05, 0.1) is 6.10 Å². The van der Waals surface area contributed by atoms with E-state index in [1.807, 2.05) is 6.07 Å². The van der Waals surface area contributed by atoms with Crippen molar-refractivity contribution < 1.29 is 33.6 Å². The van der Waals surface area contributed by atoms with Crippen molar-refractivity contribution >= 4 is 22.8 Å². The van der Waals surface area contributed by atoms with E-state index in [2.05, 4.69) is 4.98 Å². The number of aliphatic hydroxyl groups is 1. The number of esters is 1. The fourth-order valence-electron chi connectivity index (χ4n) is 5.38. The lowest BCUT2D eigenvalue weighted by molar-refractivity contribution is -0.168. The highest BCUT2D eigenvalue weighted by Crippen LogP contribution is 2.47. The summed E-state index contributed by atoms with van der Waals surface area (Å²) in [5, 5.41) is 20.3. The SMILES string of the molecule is Cc1cc(=O)c2c(O)c3c(cc2o1)OC(C)(C)[C@H](OC(=O)[C@]1(CCCCO)O[C@@H]1CCc1ccnc(N)c1)C3. The smallest absolute Gasteiger partial charge is 0.341 e. The standard InChI is InChI=1S/C29H34N2O8/c1-16-12-19(33)25-21(36-16)15-20-18(26(25)34)14-23(28(2,3)38-20)37-27(35)29(9-4-5-11-32)22(39-29)7-6-17-8-10-31-24(30)13-17/h8,10,12-13,15,22-23,32,34H,4-7,9,11,14H2,1-3H3,(H2,30,31)/t22-,23-,29-/m1/s1. The molecule has 2 aliphatic rings. The molecule has 0 saturated carbocycles. The van der Waals surface area contributed by atoms with Crippen molar-refractivity contribution in [1.82, 2.24) is 4.98 Å². The minimum Gasteiger partial charge on any atom is -0.507 e. The van der Waals surface area contributed by atoms with Crippen molar-refractivity contribution in [2.45, 2.75) is 82.7 Å². The number of rotatable bonds is 9. The van der Waals surface area contributed by atoms with Crippen molar-refractivity contribution in [2.24, 2.45) is 0 Å². The van der Waals surface area contributed by atoms with Crippen molar-refractivity contribution in [3.63, 3.8) is 0 Å². The van der Waals surface area contributed by atoms with E-state index in [4.69, 9.17) is 24.4 Å². The van der Waals surface area contributed by atoms with E-state index in [1.54, 1.807) is 39.1 Å². The van der Waals surface area contributed by atoms with Crippen molar-refractivity contribution in [2.75, 3.05) is 12.3 Å². The molecule has 10 nitrogen and oxygen atoms in total. The van der Waals surface area contributed by atoms with Gasteiger partial charge < -0.3 is 34.6 Å². The maximum absolute atomic E-state index is 13.6. The fourth-order valence-corrected chi connectivity index (χ4v) is 5.38. The molecule has 2 aliphatic heterocycles. The summed E-state index contributed by atoms with van der Waals surface area (Å²) in [5.74, 6) is 0.497. The molecule has 0 radical (unpaired) electrons. The Labute approximate surface area is 225 Å². The van der Waals surface area contributed by atoms with Crippen LogP contribution in [-0.4, -0.2) is 51.2 Å². The van der Waals surface area contributed by atoms with Gasteiger partial charge in [0.25, 0.3) is 0 Å². The Bertz CT molecular complexity index is 1470. The Balaban J connectivity index is 1.36. The Morgan fingerprint density at radius 3 is 2.79 bits per heavy atom. The van der Waals surface area contributed by atoms with Crippen molar-refractivity contribution in [1.29, 1.82) is 0 Å². The van der Waals surface area contributed by atoms with E-state index < -0.39 is 23.3 Å². The van der Waals surface area contributed by atoms with Gasteiger partial charge in [-0.25, -0.2) is 9.78 Å². The summed E-state index contributed by atoms with van der Waals surface area (Å²) in [7, 11) is 0. The van der Waals surface area contributed by atoms with E-state index in [0.29, 0.717) is 55.0 Å². The second kappa shape index (κ2) is 10.2. The molecule has 1 saturated heterocycles. The van der Waals surface area contributed by atoms with E-state index in [-0.39, 0.29) is 41.3 Å². The van der Waals surface area contributed by atoms with Crippen LogP contribution in [0.4, 0.5) is 5.82 Å². The molecule has 39 heavy (non-hydrogen) atoms. The van der Waals surface area contributed by atoms with Crippen LogP contribution in [0.25, 0.3) is 11.0 Å². The Hall–Kier alpha value is -3.63. The van der Waals surface area contributed by atoms with Crippen molar-refractivity contribution in [3.05, 3.63) is 57.6 Å². The van der Waals surface area contributed by atoms with Crippen LogP contribution in [0.1, 0.15) is 56.4 Å². The van der Waals surface area contributed by atoms with E-state index in [9.17, 15) is 19.8 Å². The molecule has 10 heteroatoms. The maximum Gasteiger partial charge on any atom is 0.341 e. The first kappa shape index (κ1) is 27.0. The molecule has 5 rings (SSSR count). The molecule has 1 fully saturated rings. The summed E-state index contributed by atoms with van der Waals surface area (Å²) in [6.07, 6.45) is 3.50. The number of benzene rings is 1. The number of carbonyl (C=O) groups excluding carboxylic acids is 1. The predicted octanol–water partition coefficient (Wildman–Crippen LogP) is 3.34. The molecule has 0 aliphatic carbocycles. The highest BCUT2D eigenvalue weighted by atomic mass is 16.7. The van der Waals surface area contributed by atoms with Crippen molar-refractivity contribution in [3.8, 4) is 11.5 Å². The molecule has 0 bridgehead atoms. The first-order chi connectivity index (χ1) is 18.5. The Kier molecular flexibility index (Phi) is 7.02. The number of aromatic hydroxyl groups is 1. The number of fused-ring (bicyclic) bond motifs is 2. The Morgan fingerprint density at radius 1 is 1.26 bits per heavy atom. The van der Waals surface area contributed by atoms with Crippen LogP contribution in [0.5, 0.6) is 11.5 Å². The first-order valence-corrected chi connectivity index (χ1v) is 13.2. The van der Waals surface area contributed by atoms with Crippen LogP contribution in [-0.2, 0) is 27.1 Å². The number of ether oxygens (including phenoxy) is 3. The number of epoxide rings is 1. The van der Waals surface area contributed by atoms with Gasteiger partial charge in [-0.05, 0) is 70.6 Å². The average molecular weight is 539 g/mol. The molecule has 0 amide bonds. The highest BCUT2D eigenvalue weighted by Gasteiger charge is 2.63. The molecule has 1 aromatic carbocycles. The number of hydrogen-bond donors (Lipinski definition) is 3. The molecule has 208 valence electrons. The molecule has 0 spiro atoms. The van der Waals surface area contributed by atoms with E-state index >= 15 is 0 Å². The third kappa shape index (κ3) is 5.18. The average Bonchev–Trinajstić information content (AvgIpc) is 3.57. The lowest BCUT2D eigenvalue weighted by Crippen LogP contribution is -2.50. The number of aliphatic hydroxyl groups excluding tert-OH is 1. The topological polar surface area (TPSA) is 158 Å². The predicted molar refractivity (Wildman–Crippen MR) is 143 cm³/mol. The molecular formula is C29H34N2O8. The monoisotopic (exact) mass is 538 g/mol. The summed E-state index contributed by atoms with van der Waals surface area (Å²) >= 11 is 0. The van der Waals surface area contributed by atoms with Gasteiger partial charge in [-0.3, -0.25) is 4.79 Å². The number of carbonyl (C=O) groups is 1. The lowest BCUT2D eigenvalue weighted by Gasteiger charge is -2.39. The number of hydrogen-bond acceptors (Lipinski definition) is 10. The van der Waals surface area contributed by atoms with Crippen LogP contribution < -0.4 is 15.9 Å². The number of nitrogens with zero attached hydrogens (tertiary/aromatic N) is 1. The van der Waals surface area contributed by atoms with Crippen LogP contribution in [0, 0.1) is 6.92 Å². The second-order valence-corrected chi connectivity index (χ2v) is 10.9. The molecule has 2 aromatic heterocycles. The normalized spacial score (nSPS) is 23.2. The number of phenols is 1. The summed E-state index contributed by atoms with van der Waals surface area (Å²) in [4.78, 5) is 30.2. The fraction of sp³-hybridized carbons (Fsp3) is 0.483. The number of phenolic OH excluding ortho intramolecular Hbond substituents is 1. The molecular weight excluding hydrogens is 504 g/mol. The van der Waals surface area contributed by atoms with Gasteiger partial charge in [-0.2, -0.15) is 0 Å². The van der Waals surface area contributed by atoms with Gasteiger partial charge in [0, 0.05) is 36.9 Å². The van der Waals surface area contributed by atoms with Gasteiger partial charge in [-0.15, -0.1) is 0 Å². The zero-order valence-corrected chi connectivity index (χ0v) is 22.4. The van der Waals surface area contributed by atoms with Gasteiger partial charge in [0.2, 0.25) is 0 Å². The van der Waals surface area contributed by atoms with E-state index in [0.717, 1.165) is 5.56 Å². The largest absolute Gasteiger partial charge is 0.507 e. The maximum atomic E-state index is 13.6. The van der Waals surface area contributed by atoms with Crippen LogP contribution in [0.3, 0.4) is 0 Å². The molecule has 4 N–H and O–H groups in total. The highest BCUT2D eigenvalue weighted by molar-refractivity contribution is 5.87. The third-order valence-corrected chi connectivity index (χ3v) is 7.63. The van der Waals surface area contributed by atoms with Gasteiger partial charge in [0.1, 0.15) is 45.8 Å². The van der Waals surface area contributed by atoms with Crippen LogP contribution in [0.15, 0.2) is 39.7 Å². The minimum atomic E-state index is -1.12. The summed E-state index contributed by atoms with van der Waals surface area (Å²) in [5.41, 5.74) is 4.99. The lowest BCUT2D eigenvalue weighted by atomic mass is 9.89. The molecule has 4 heterocycles. The quantitative estimate of drug-likeness (QED) is 0.210. The zero-order valence-electron chi connectivity index (χ0n) is 22.4. The van der Waals surface area contributed by atoms with Gasteiger partial charge in [-0.1, -0.05) is 0 Å². The number of nitrogens with two attached hydrogens (primary N) is 1. The number of pyridine rings is 1. The molecule has 0 unspecified atom stereocenters. The first-order valence-electron chi connectivity index (χ1n) is 13.2. The zero-order chi connectivity index (χ0) is 27.9. The summed E-state index contributed by atoms with van der Waals surface area (Å²) in [6.45, 7) is 5.29. The summed E-state index contributed by atoms with van der Waals surface area (Å²) in [6, 6.07) is 6.59. The van der Waals surface area contributed by atoms with Gasteiger partial charge in [0.15, 0.2) is 11.0 Å². The second-order valence-electron chi connectivity index (χ2n) is 10.9. The molecule has 3 atom stereocenters. The number of aromatic nitrogens is 1. The molecule has 3 aromatic rings. The van der Waals surface area contributed by atoms with Gasteiger partial charge >= 0.3 is 5.97 Å². The number of nitrogen functional groups attached to an aromatic ring is 1. The van der Waals surface area contributed by atoms with E-state index in [1.165, 1.54) is 6.07 Å². The summed E-state index contributed by atoms with van der Waals surface area (Å²) < 4.78 is 23.9. The number of unbranched alkanes of at least 4 members (excludes halogenated alkanes) is 1. The minimum absolute atomic E-state index is 0.0209. The number of anilines is 1. The number of aryl methyl sites for hydroxylation is 2. The third-order valence-electron chi connectivity index (χ3n) is 7.63.